The molecular weight excluding hydrogens is 124 g/mol. The highest BCUT2D eigenvalue weighted by Gasteiger charge is 2.22. The van der Waals surface area contributed by atoms with Crippen molar-refractivity contribution >= 4 is 0 Å². The third-order valence-electron chi connectivity index (χ3n) is 2.20. The van der Waals surface area contributed by atoms with E-state index in [2.05, 4.69) is 0 Å². The zero-order valence-electron chi connectivity index (χ0n) is 7.60. The molecule has 0 saturated heterocycles. The minimum Gasteiger partial charge on any atom is -0.390 e. The van der Waals surface area contributed by atoms with E-state index in [1.54, 1.807) is 0 Å². The van der Waals surface area contributed by atoms with Crippen molar-refractivity contribution in [3.63, 3.8) is 0 Å². The highest BCUT2D eigenvalue weighted by Crippen LogP contribution is 2.22. The lowest BCUT2D eigenvalue weighted by Gasteiger charge is -2.26. The maximum Gasteiger partial charge on any atom is 0.0653 e. The molecule has 1 heteroatoms. The fraction of sp³-hybridized carbons (Fsp3) is 0.778. The van der Waals surface area contributed by atoms with Crippen LogP contribution in [0.4, 0.5) is 0 Å². The van der Waals surface area contributed by atoms with E-state index < -0.39 is 5.60 Å². The molecule has 0 spiro atoms. The molecule has 0 fully saturated rings. The number of aliphatic hydroxyl groups is 1. The fourth-order valence-electron chi connectivity index (χ4n) is 0.807. The Morgan fingerprint density at radius 1 is 1.50 bits per heavy atom. The first kappa shape index (κ1) is 9.70. The largest absolute Gasteiger partial charge is 0.390 e. The maximum atomic E-state index is 9.55. The van der Waals surface area contributed by atoms with E-state index in [-0.39, 0.29) is 5.92 Å². The van der Waals surface area contributed by atoms with Crippen LogP contribution in [-0.4, -0.2) is 10.7 Å². The second-order valence-electron chi connectivity index (χ2n) is 3.41. The second-order valence-corrected chi connectivity index (χ2v) is 3.41. The lowest BCUT2D eigenvalue weighted by molar-refractivity contribution is 0.0396. The van der Waals surface area contributed by atoms with Crippen molar-refractivity contribution in [3.8, 4) is 0 Å². The van der Waals surface area contributed by atoms with Crippen molar-refractivity contribution in [1.82, 2.24) is 0 Å². The summed E-state index contributed by atoms with van der Waals surface area (Å²) in [6, 6.07) is 0. The summed E-state index contributed by atoms with van der Waals surface area (Å²) in [5.41, 5.74) is 0.656. The van der Waals surface area contributed by atoms with Gasteiger partial charge >= 0.3 is 0 Å². The Morgan fingerprint density at radius 3 is 2.00 bits per heavy atom. The van der Waals surface area contributed by atoms with Crippen LogP contribution in [0.1, 0.15) is 34.6 Å². The molecule has 0 bridgehead atoms. The molecule has 0 aliphatic rings. The van der Waals surface area contributed by atoms with Crippen LogP contribution in [0.25, 0.3) is 0 Å². The van der Waals surface area contributed by atoms with Crippen LogP contribution in [0, 0.1) is 5.92 Å². The lowest BCUT2D eigenvalue weighted by atomic mass is 9.87. The van der Waals surface area contributed by atoms with Gasteiger partial charge in [0.1, 0.15) is 0 Å². The van der Waals surface area contributed by atoms with Crippen molar-refractivity contribution in [3.05, 3.63) is 11.6 Å². The van der Waals surface area contributed by atoms with E-state index in [9.17, 15) is 5.11 Å². The van der Waals surface area contributed by atoms with Gasteiger partial charge in [0.25, 0.3) is 0 Å². The van der Waals surface area contributed by atoms with Gasteiger partial charge < -0.3 is 5.11 Å². The summed E-state index contributed by atoms with van der Waals surface area (Å²) in [4.78, 5) is 0. The first-order valence-corrected chi connectivity index (χ1v) is 3.74. The normalized spacial score (nSPS) is 17.2. The molecule has 1 nitrogen and oxygen atoms in total. The summed E-state index contributed by atoms with van der Waals surface area (Å²) in [6.07, 6.45) is 2.04. The van der Waals surface area contributed by atoms with E-state index in [0.717, 1.165) is 0 Å². The minimum atomic E-state index is -0.587. The Bertz CT molecular complexity index is 128. The lowest BCUT2D eigenvalue weighted by Crippen LogP contribution is -2.29. The standard InChI is InChI=1S/C9H18O/c1-6-7(2)8(3)9(4,5)10/h6,8,10H,1-5H3/b7-6+. The summed E-state index contributed by atoms with van der Waals surface area (Å²) >= 11 is 0. The third-order valence-corrected chi connectivity index (χ3v) is 2.20. The monoisotopic (exact) mass is 142 g/mol. The average molecular weight is 142 g/mol. The maximum absolute atomic E-state index is 9.55. The summed E-state index contributed by atoms with van der Waals surface area (Å²) in [5, 5.41) is 9.55. The molecule has 0 aliphatic carbocycles. The number of hydrogen-bond acceptors (Lipinski definition) is 1. The Kier molecular flexibility index (Phi) is 3.10. The van der Waals surface area contributed by atoms with E-state index in [1.165, 1.54) is 5.57 Å². The van der Waals surface area contributed by atoms with Gasteiger partial charge in [-0.25, -0.2) is 0 Å². The van der Waals surface area contributed by atoms with Gasteiger partial charge in [-0.05, 0) is 27.7 Å². The van der Waals surface area contributed by atoms with Crippen LogP contribution in [0.2, 0.25) is 0 Å². The molecule has 0 aromatic heterocycles. The molecule has 0 aromatic rings. The van der Waals surface area contributed by atoms with Gasteiger partial charge in [0, 0.05) is 5.92 Å². The Balaban J connectivity index is 4.23. The van der Waals surface area contributed by atoms with Gasteiger partial charge in [0.15, 0.2) is 0 Å². The highest BCUT2D eigenvalue weighted by molar-refractivity contribution is 5.05. The van der Waals surface area contributed by atoms with Crippen molar-refractivity contribution in [1.29, 1.82) is 0 Å². The summed E-state index contributed by atoms with van der Waals surface area (Å²) in [5.74, 6) is 0.248. The topological polar surface area (TPSA) is 20.2 Å². The van der Waals surface area contributed by atoms with Gasteiger partial charge in [-0.3, -0.25) is 0 Å². The SMILES string of the molecule is C/C=C(\C)C(C)C(C)(C)O. The second kappa shape index (κ2) is 3.20. The predicted octanol–water partition coefficient (Wildman–Crippen LogP) is 2.36. The predicted molar refractivity (Wildman–Crippen MR) is 44.9 cm³/mol. The van der Waals surface area contributed by atoms with Crippen LogP contribution >= 0.6 is 0 Å². The van der Waals surface area contributed by atoms with E-state index in [1.807, 2.05) is 40.7 Å². The van der Waals surface area contributed by atoms with E-state index in [4.69, 9.17) is 0 Å². The zero-order valence-corrected chi connectivity index (χ0v) is 7.60. The molecule has 0 saturated carbocycles. The molecule has 1 atom stereocenters. The van der Waals surface area contributed by atoms with Crippen LogP contribution in [0.15, 0.2) is 11.6 Å². The van der Waals surface area contributed by atoms with Gasteiger partial charge in [-0.1, -0.05) is 18.6 Å². The van der Waals surface area contributed by atoms with Gasteiger partial charge in [-0.2, -0.15) is 0 Å². The Morgan fingerprint density at radius 2 is 1.90 bits per heavy atom. The van der Waals surface area contributed by atoms with Gasteiger partial charge in [0.05, 0.1) is 5.60 Å². The number of allylic oxidation sites excluding steroid dienone is 1. The Hall–Kier alpha value is -0.300. The first-order valence-electron chi connectivity index (χ1n) is 3.74. The molecule has 60 valence electrons. The molecule has 0 aliphatic heterocycles. The van der Waals surface area contributed by atoms with E-state index in [0.29, 0.717) is 0 Å². The minimum absolute atomic E-state index is 0.248. The van der Waals surface area contributed by atoms with Crippen LogP contribution in [-0.2, 0) is 0 Å². The number of rotatable bonds is 2. The summed E-state index contributed by atoms with van der Waals surface area (Å²) in [7, 11) is 0. The van der Waals surface area contributed by atoms with Crippen molar-refractivity contribution in [2.45, 2.75) is 40.2 Å². The van der Waals surface area contributed by atoms with Crippen molar-refractivity contribution in [2.24, 2.45) is 5.92 Å². The molecule has 0 rings (SSSR count). The van der Waals surface area contributed by atoms with Crippen LogP contribution < -0.4 is 0 Å². The smallest absolute Gasteiger partial charge is 0.0653 e. The molecular formula is C9H18O. The third kappa shape index (κ3) is 2.53. The molecule has 0 heterocycles. The average Bonchev–Trinajstić information content (AvgIpc) is 1.83. The molecule has 1 unspecified atom stereocenters. The molecule has 10 heavy (non-hydrogen) atoms. The summed E-state index contributed by atoms with van der Waals surface area (Å²) < 4.78 is 0. The molecule has 0 aromatic carbocycles. The van der Waals surface area contributed by atoms with E-state index >= 15 is 0 Å². The molecule has 0 radical (unpaired) electrons. The quantitative estimate of drug-likeness (QED) is 0.587. The number of hydrogen-bond donors (Lipinski definition) is 1. The Labute approximate surface area is 63.8 Å². The van der Waals surface area contributed by atoms with Gasteiger partial charge in [0.2, 0.25) is 0 Å². The first-order chi connectivity index (χ1) is 4.39. The van der Waals surface area contributed by atoms with Crippen LogP contribution in [0.3, 0.4) is 0 Å². The molecule has 0 amide bonds. The van der Waals surface area contributed by atoms with Gasteiger partial charge in [-0.15, -0.1) is 0 Å². The highest BCUT2D eigenvalue weighted by atomic mass is 16.3. The van der Waals surface area contributed by atoms with Crippen molar-refractivity contribution in [2.75, 3.05) is 0 Å². The van der Waals surface area contributed by atoms with Crippen molar-refractivity contribution < 1.29 is 5.11 Å². The fourth-order valence-corrected chi connectivity index (χ4v) is 0.807. The summed E-state index contributed by atoms with van der Waals surface area (Å²) in [6.45, 7) is 9.75. The van der Waals surface area contributed by atoms with Crippen LogP contribution in [0.5, 0.6) is 0 Å². The molecule has 1 N–H and O–H groups in total. The zero-order chi connectivity index (χ0) is 8.36.